The summed E-state index contributed by atoms with van der Waals surface area (Å²) in [5, 5.41) is 2.98. The Bertz CT molecular complexity index is 1110. The van der Waals surface area contributed by atoms with E-state index in [9.17, 15) is 14.4 Å². The van der Waals surface area contributed by atoms with Crippen LogP contribution < -0.4 is 26.0 Å². The number of para-hydroxylation sites is 1. The molecule has 29 heavy (non-hydrogen) atoms. The average Bonchev–Trinajstić information content (AvgIpc) is 3.00. The first-order valence-corrected chi connectivity index (χ1v) is 9.51. The lowest BCUT2D eigenvalue weighted by Crippen LogP contribution is -2.40. The summed E-state index contributed by atoms with van der Waals surface area (Å²) in [7, 11) is 2.92. The highest BCUT2D eigenvalue weighted by Gasteiger charge is 2.32. The van der Waals surface area contributed by atoms with E-state index in [1.807, 2.05) is 20.8 Å². The van der Waals surface area contributed by atoms with Gasteiger partial charge in [-0.1, -0.05) is 19.1 Å². The Morgan fingerprint density at radius 1 is 1.21 bits per heavy atom. The molecule has 0 saturated carbocycles. The van der Waals surface area contributed by atoms with Gasteiger partial charge in [0.25, 0.3) is 5.56 Å². The van der Waals surface area contributed by atoms with Crippen molar-refractivity contribution in [2.45, 2.75) is 39.8 Å². The molecule has 3 rings (SSSR count). The monoisotopic (exact) mass is 399 g/mol. The summed E-state index contributed by atoms with van der Waals surface area (Å²) in [5.74, 6) is 0.825. The first-order valence-electron chi connectivity index (χ1n) is 9.51. The molecule has 1 aliphatic heterocycles. The van der Waals surface area contributed by atoms with Crippen LogP contribution in [0.3, 0.4) is 0 Å². The van der Waals surface area contributed by atoms with E-state index in [-0.39, 0.29) is 23.2 Å². The van der Waals surface area contributed by atoms with E-state index in [1.165, 1.54) is 11.6 Å². The van der Waals surface area contributed by atoms with Crippen molar-refractivity contribution >= 4 is 17.7 Å². The number of methoxy groups -OCH3 is 1. The Hall–Kier alpha value is -3.29. The Morgan fingerprint density at radius 2 is 1.93 bits per heavy atom. The van der Waals surface area contributed by atoms with Gasteiger partial charge in [-0.3, -0.25) is 18.7 Å². The number of hydrogen-bond donors (Lipinski definition) is 1. The number of ketones is 1. The van der Waals surface area contributed by atoms with Crippen molar-refractivity contribution in [3.8, 4) is 11.5 Å². The molecule has 0 atom stereocenters. The number of ether oxygens (including phenoxy) is 2. The summed E-state index contributed by atoms with van der Waals surface area (Å²) in [6.07, 6.45) is 2.19. The molecule has 2 aromatic rings. The predicted molar refractivity (Wildman–Crippen MR) is 111 cm³/mol. The minimum Gasteiger partial charge on any atom is -0.493 e. The maximum absolute atomic E-state index is 13.0. The molecule has 1 aromatic heterocycles. The summed E-state index contributed by atoms with van der Waals surface area (Å²) in [6, 6.07) is 5.35. The van der Waals surface area contributed by atoms with Gasteiger partial charge in [0.05, 0.1) is 18.9 Å². The molecule has 0 spiro atoms. The van der Waals surface area contributed by atoms with E-state index < -0.39 is 17.0 Å². The topological polar surface area (TPSA) is 91.6 Å². The van der Waals surface area contributed by atoms with E-state index in [1.54, 1.807) is 31.4 Å². The number of nitrogens with zero attached hydrogens (tertiary/aromatic N) is 2. The number of Topliss-reactive ketones (excluding diaryl/α,β-unsaturated/α-hetero) is 1. The van der Waals surface area contributed by atoms with Gasteiger partial charge in [0.15, 0.2) is 11.5 Å². The van der Waals surface area contributed by atoms with Gasteiger partial charge in [0.2, 0.25) is 5.78 Å². The fourth-order valence-corrected chi connectivity index (χ4v) is 3.28. The van der Waals surface area contributed by atoms with Crippen LogP contribution >= 0.6 is 0 Å². The van der Waals surface area contributed by atoms with Crippen LogP contribution in [0.1, 0.15) is 43.1 Å². The van der Waals surface area contributed by atoms with Crippen molar-refractivity contribution in [1.29, 1.82) is 0 Å². The minimum atomic E-state index is -0.609. The summed E-state index contributed by atoms with van der Waals surface area (Å²) >= 11 is 0. The second-order valence-electron chi connectivity index (χ2n) is 7.08. The van der Waals surface area contributed by atoms with Crippen LogP contribution in [-0.4, -0.2) is 28.1 Å². The van der Waals surface area contributed by atoms with Gasteiger partial charge >= 0.3 is 5.69 Å². The number of anilines is 1. The molecule has 8 nitrogen and oxygen atoms in total. The van der Waals surface area contributed by atoms with Gasteiger partial charge in [-0.2, -0.15) is 0 Å². The summed E-state index contributed by atoms with van der Waals surface area (Å²) in [5.41, 5.74) is -0.261. The van der Waals surface area contributed by atoms with Crippen molar-refractivity contribution in [3.63, 3.8) is 0 Å². The molecular weight excluding hydrogens is 374 g/mol. The molecule has 0 unspecified atom stereocenters. The standard InChI is InChI=1S/C21H25N3O5/c1-6-10-24-19-16(20(26)23(4)21(24)27)17(25)14(22-19)11-13-8-7-9-15(28-5)18(13)29-12(2)3/h7-9,11-12,22H,6,10H2,1-5H3/b14-11-. The largest absolute Gasteiger partial charge is 0.493 e. The highest BCUT2D eigenvalue weighted by molar-refractivity contribution is 6.19. The van der Waals surface area contributed by atoms with Crippen LogP contribution in [0, 0.1) is 0 Å². The van der Waals surface area contributed by atoms with E-state index in [2.05, 4.69) is 5.32 Å². The molecule has 0 aliphatic carbocycles. The van der Waals surface area contributed by atoms with Crippen LogP contribution in [0.4, 0.5) is 5.82 Å². The summed E-state index contributed by atoms with van der Waals surface area (Å²) < 4.78 is 13.7. The SMILES string of the molecule is CCCn1c2c(c(=O)n(C)c1=O)C(=O)/C(=C/c1cccc(OC)c1OC(C)C)N2. The molecule has 154 valence electrons. The third-order valence-electron chi connectivity index (χ3n) is 4.60. The molecule has 1 aliphatic rings. The molecular formula is C21H25N3O5. The van der Waals surface area contributed by atoms with Crippen molar-refractivity contribution in [2.75, 3.05) is 12.4 Å². The normalized spacial score (nSPS) is 14.3. The lowest BCUT2D eigenvalue weighted by atomic mass is 10.1. The number of hydrogen-bond acceptors (Lipinski definition) is 6. The quantitative estimate of drug-likeness (QED) is 0.750. The van der Waals surface area contributed by atoms with Crippen LogP contribution in [0.15, 0.2) is 33.5 Å². The first kappa shape index (κ1) is 20.4. The van der Waals surface area contributed by atoms with E-state index in [0.29, 0.717) is 30.0 Å². The van der Waals surface area contributed by atoms with Crippen LogP contribution in [-0.2, 0) is 13.6 Å². The molecule has 1 aromatic carbocycles. The van der Waals surface area contributed by atoms with E-state index >= 15 is 0 Å². The fraction of sp³-hybridized carbons (Fsp3) is 0.381. The number of rotatable bonds is 6. The van der Waals surface area contributed by atoms with Crippen molar-refractivity contribution in [1.82, 2.24) is 9.13 Å². The van der Waals surface area contributed by atoms with Crippen molar-refractivity contribution < 1.29 is 14.3 Å². The van der Waals surface area contributed by atoms with Crippen LogP contribution in [0.25, 0.3) is 6.08 Å². The van der Waals surface area contributed by atoms with Gasteiger partial charge in [0, 0.05) is 19.2 Å². The number of carbonyl (C=O) groups excluding carboxylic acids is 1. The Labute approximate surface area is 168 Å². The smallest absolute Gasteiger partial charge is 0.332 e. The number of benzene rings is 1. The van der Waals surface area contributed by atoms with Gasteiger partial charge in [0.1, 0.15) is 11.4 Å². The molecule has 0 radical (unpaired) electrons. The zero-order valence-corrected chi connectivity index (χ0v) is 17.2. The predicted octanol–water partition coefficient (Wildman–Crippen LogP) is 2.40. The molecule has 1 N–H and O–H groups in total. The summed E-state index contributed by atoms with van der Waals surface area (Å²) in [4.78, 5) is 38.1. The molecule has 8 heteroatoms. The molecule has 2 heterocycles. The van der Waals surface area contributed by atoms with Gasteiger partial charge in [-0.25, -0.2) is 4.79 Å². The number of aromatic nitrogens is 2. The highest BCUT2D eigenvalue weighted by Crippen LogP contribution is 2.35. The fourth-order valence-electron chi connectivity index (χ4n) is 3.28. The van der Waals surface area contributed by atoms with Gasteiger partial charge < -0.3 is 14.8 Å². The first-order chi connectivity index (χ1) is 13.8. The third-order valence-corrected chi connectivity index (χ3v) is 4.60. The number of fused-ring (bicyclic) bond motifs is 1. The lowest BCUT2D eigenvalue weighted by Gasteiger charge is -2.16. The average molecular weight is 399 g/mol. The van der Waals surface area contributed by atoms with Crippen LogP contribution in [0.5, 0.6) is 11.5 Å². The van der Waals surface area contributed by atoms with E-state index in [0.717, 1.165) is 4.57 Å². The van der Waals surface area contributed by atoms with Gasteiger partial charge in [-0.15, -0.1) is 0 Å². The maximum atomic E-state index is 13.0. The molecule has 0 fully saturated rings. The highest BCUT2D eigenvalue weighted by atomic mass is 16.5. The maximum Gasteiger partial charge on any atom is 0.332 e. The molecule has 0 bridgehead atoms. The summed E-state index contributed by atoms with van der Waals surface area (Å²) in [6.45, 7) is 6.10. The van der Waals surface area contributed by atoms with Gasteiger partial charge in [-0.05, 0) is 32.4 Å². The zero-order valence-electron chi connectivity index (χ0n) is 17.2. The lowest BCUT2D eigenvalue weighted by molar-refractivity contribution is 0.104. The Morgan fingerprint density at radius 3 is 2.55 bits per heavy atom. The Kier molecular flexibility index (Phi) is 5.63. The van der Waals surface area contributed by atoms with Crippen molar-refractivity contribution in [3.05, 3.63) is 55.9 Å². The number of nitrogens with one attached hydrogen (secondary N) is 1. The minimum absolute atomic E-state index is 0.0268. The van der Waals surface area contributed by atoms with E-state index in [4.69, 9.17) is 9.47 Å². The van der Waals surface area contributed by atoms with Crippen LogP contribution in [0.2, 0.25) is 0 Å². The number of carbonyl (C=O) groups is 1. The second-order valence-corrected chi connectivity index (χ2v) is 7.08. The third kappa shape index (κ3) is 3.57. The Balaban J connectivity index is 2.16. The second kappa shape index (κ2) is 7.98. The molecule has 0 amide bonds. The molecule has 0 saturated heterocycles. The zero-order chi connectivity index (χ0) is 21.3. The number of allylic oxidation sites excluding steroid dienone is 1. The van der Waals surface area contributed by atoms with Crippen molar-refractivity contribution in [2.24, 2.45) is 7.05 Å².